The molecule has 5 nitrogen and oxygen atoms in total. The number of fused-ring (bicyclic) bond motifs is 4. The molecule has 0 spiro atoms. The Morgan fingerprint density at radius 3 is 2.64 bits per heavy atom. The van der Waals surface area contributed by atoms with E-state index in [1.807, 2.05) is 43.3 Å². The van der Waals surface area contributed by atoms with Crippen molar-refractivity contribution in [3.05, 3.63) is 77.9 Å². The third-order valence-corrected chi connectivity index (χ3v) is 8.27. The maximum Gasteiger partial charge on any atom is 0.160 e. The Hall–Kier alpha value is -3.98. The first-order valence-corrected chi connectivity index (χ1v) is 12.4. The van der Waals surface area contributed by atoms with Gasteiger partial charge in [-0.2, -0.15) is 5.26 Å². The third kappa shape index (κ3) is 3.26. The van der Waals surface area contributed by atoms with Crippen molar-refractivity contribution in [1.29, 1.82) is 5.26 Å². The summed E-state index contributed by atoms with van der Waals surface area (Å²) in [6, 6.07) is 18.6. The SMILES string of the molecule is C[C@H]1C(=O)C(C#N)C[C@@]2(C)c3nc(-c4ccnc5ccccc45)nc(-c4ccccc4F)c3CC[C@@H]12. The minimum atomic E-state index is -0.677. The van der Waals surface area contributed by atoms with Crippen molar-refractivity contribution >= 4 is 16.7 Å². The van der Waals surface area contributed by atoms with Crippen LogP contribution < -0.4 is 0 Å². The minimum absolute atomic E-state index is 0.0205. The predicted octanol–water partition coefficient (Wildman–Crippen LogP) is 6.07. The molecule has 2 aromatic heterocycles. The first-order chi connectivity index (χ1) is 17.4. The van der Waals surface area contributed by atoms with E-state index in [4.69, 9.17) is 9.97 Å². The molecule has 0 bridgehead atoms. The number of hydrogen-bond acceptors (Lipinski definition) is 5. The number of Topliss-reactive ketones (excluding diaryl/α,β-unsaturated/α-hetero) is 1. The molecular formula is C30H25FN4O. The summed E-state index contributed by atoms with van der Waals surface area (Å²) >= 11 is 0. The van der Waals surface area contributed by atoms with Crippen LogP contribution in [0.1, 0.15) is 37.9 Å². The number of rotatable bonds is 2. The van der Waals surface area contributed by atoms with Gasteiger partial charge in [0.25, 0.3) is 0 Å². The zero-order valence-electron chi connectivity index (χ0n) is 20.2. The molecule has 0 aliphatic heterocycles. The van der Waals surface area contributed by atoms with Gasteiger partial charge >= 0.3 is 0 Å². The lowest BCUT2D eigenvalue weighted by Gasteiger charge is -2.49. The Morgan fingerprint density at radius 2 is 1.83 bits per heavy atom. The van der Waals surface area contributed by atoms with Crippen molar-refractivity contribution in [2.75, 3.05) is 0 Å². The highest BCUT2D eigenvalue weighted by Crippen LogP contribution is 2.53. The molecule has 0 radical (unpaired) electrons. The Bertz CT molecular complexity index is 1570. The summed E-state index contributed by atoms with van der Waals surface area (Å²) in [4.78, 5) is 27.5. The van der Waals surface area contributed by atoms with Crippen LogP contribution >= 0.6 is 0 Å². The summed E-state index contributed by atoms with van der Waals surface area (Å²) in [5.41, 5.74) is 3.93. The van der Waals surface area contributed by atoms with Gasteiger partial charge in [-0.15, -0.1) is 0 Å². The van der Waals surface area contributed by atoms with Crippen LogP contribution in [0.5, 0.6) is 0 Å². The molecule has 36 heavy (non-hydrogen) atoms. The highest BCUT2D eigenvalue weighted by molar-refractivity contribution is 5.93. The van der Waals surface area contributed by atoms with Crippen LogP contribution in [0.2, 0.25) is 0 Å². The van der Waals surface area contributed by atoms with E-state index in [-0.39, 0.29) is 23.4 Å². The number of halogens is 1. The van der Waals surface area contributed by atoms with Crippen LogP contribution in [0.25, 0.3) is 33.5 Å². The van der Waals surface area contributed by atoms with E-state index in [9.17, 15) is 10.1 Å². The highest BCUT2D eigenvalue weighted by Gasteiger charge is 2.53. The molecular weight excluding hydrogens is 451 g/mol. The summed E-state index contributed by atoms with van der Waals surface area (Å²) in [5.74, 6) is -0.661. The lowest BCUT2D eigenvalue weighted by atomic mass is 9.54. The number of aromatic nitrogens is 3. The lowest BCUT2D eigenvalue weighted by Crippen LogP contribution is -2.50. The van der Waals surface area contributed by atoms with Crippen molar-refractivity contribution < 1.29 is 9.18 Å². The zero-order valence-corrected chi connectivity index (χ0v) is 20.2. The van der Waals surface area contributed by atoms with Crippen LogP contribution in [-0.2, 0) is 16.6 Å². The average molecular weight is 477 g/mol. The van der Waals surface area contributed by atoms with Crippen molar-refractivity contribution in [3.8, 4) is 28.7 Å². The summed E-state index contributed by atoms with van der Waals surface area (Å²) in [7, 11) is 0. The number of pyridine rings is 1. The standard InChI is InChI=1S/C30H25FN4O/c1-17-23-12-11-22-26(21-8-3-5-9-24(21)31)34-29(20-13-14-33-25-10-6-4-7-19(20)25)35-28(22)30(23,2)15-18(16-32)27(17)36/h3-10,13-14,17-18,23H,11-12,15H2,1-2H3/t17-,18?,23+,30-/m1/s1. The van der Waals surface area contributed by atoms with E-state index in [2.05, 4.69) is 18.0 Å². The molecule has 0 N–H and O–H groups in total. The second-order valence-electron chi connectivity index (χ2n) is 10.2. The number of carbonyl (C=O) groups is 1. The molecule has 4 aromatic rings. The highest BCUT2D eigenvalue weighted by atomic mass is 19.1. The van der Waals surface area contributed by atoms with Gasteiger partial charge in [-0.05, 0) is 49.4 Å². The lowest BCUT2D eigenvalue weighted by molar-refractivity contribution is -0.132. The minimum Gasteiger partial charge on any atom is -0.298 e. The van der Waals surface area contributed by atoms with Crippen LogP contribution in [0.15, 0.2) is 60.8 Å². The first kappa shape index (κ1) is 22.5. The Morgan fingerprint density at radius 1 is 1.06 bits per heavy atom. The van der Waals surface area contributed by atoms with Gasteiger partial charge in [0.05, 0.1) is 23.0 Å². The van der Waals surface area contributed by atoms with Crippen LogP contribution in [-0.4, -0.2) is 20.7 Å². The molecule has 2 aliphatic rings. The van der Waals surface area contributed by atoms with Crippen LogP contribution in [0.4, 0.5) is 4.39 Å². The molecule has 6 rings (SSSR count). The first-order valence-electron chi connectivity index (χ1n) is 12.4. The predicted molar refractivity (Wildman–Crippen MR) is 135 cm³/mol. The maximum absolute atomic E-state index is 15.1. The van der Waals surface area contributed by atoms with E-state index in [1.165, 1.54) is 6.07 Å². The fraction of sp³-hybridized carbons (Fsp3) is 0.300. The van der Waals surface area contributed by atoms with Crippen molar-refractivity contribution in [3.63, 3.8) is 0 Å². The monoisotopic (exact) mass is 476 g/mol. The smallest absolute Gasteiger partial charge is 0.160 e. The van der Waals surface area contributed by atoms with Crippen molar-refractivity contribution in [2.45, 2.75) is 38.5 Å². The van der Waals surface area contributed by atoms with Gasteiger partial charge in [-0.3, -0.25) is 9.78 Å². The molecule has 1 unspecified atom stereocenters. The van der Waals surface area contributed by atoms with E-state index in [0.29, 0.717) is 29.9 Å². The molecule has 2 aliphatic carbocycles. The Labute approximate surface area is 209 Å². The molecule has 0 saturated heterocycles. The number of nitrogens with zero attached hydrogens (tertiary/aromatic N) is 4. The topological polar surface area (TPSA) is 79.5 Å². The number of hydrogen-bond donors (Lipinski definition) is 0. The Kier molecular flexibility index (Phi) is 5.19. The number of carbonyl (C=O) groups excluding carboxylic acids is 1. The maximum atomic E-state index is 15.1. The molecule has 4 atom stereocenters. The summed E-state index contributed by atoms with van der Waals surface area (Å²) < 4.78 is 15.1. The fourth-order valence-electron chi connectivity index (χ4n) is 6.47. The van der Waals surface area contributed by atoms with Crippen LogP contribution in [0, 0.1) is 34.9 Å². The van der Waals surface area contributed by atoms with E-state index < -0.39 is 11.3 Å². The summed E-state index contributed by atoms with van der Waals surface area (Å²) in [6.07, 6.45) is 3.58. The molecule has 6 heteroatoms. The molecule has 2 aromatic carbocycles. The van der Waals surface area contributed by atoms with Gasteiger partial charge < -0.3 is 0 Å². The summed E-state index contributed by atoms with van der Waals surface area (Å²) in [6.45, 7) is 4.06. The molecule has 178 valence electrons. The van der Waals surface area contributed by atoms with Crippen molar-refractivity contribution in [2.24, 2.45) is 17.8 Å². The van der Waals surface area contributed by atoms with Crippen LogP contribution in [0.3, 0.4) is 0 Å². The van der Waals surface area contributed by atoms with Gasteiger partial charge in [0.2, 0.25) is 0 Å². The largest absolute Gasteiger partial charge is 0.298 e. The second-order valence-corrected chi connectivity index (χ2v) is 10.2. The fourth-order valence-corrected chi connectivity index (χ4v) is 6.47. The molecule has 1 fully saturated rings. The van der Waals surface area contributed by atoms with Gasteiger partial charge in [0.15, 0.2) is 11.6 Å². The normalized spacial score (nSPS) is 25.2. The number of benzene rings is 2. The quantitative estimate of drug-likeness (QED) is 0.351. The number of nitriles is 1. The van der Waals surface area contributed by atoms with E-state index in [1.54, 1.807) is 18.3 Å². The van der Waals surface area contributed by atoms with E-state index >= 15 is 4.39 Å². The van der Waals surface area contributed by atoms with E-state index in [0.717, 1.165) is 34.1 Å². The van der Waals surface area contributed by atoms with Gasteiger partial charge in [-0.1, -0.05) is 44.2 Å². The van der Waals surface area contributed by atoms with Gasteiger partial charge in [0, 0.05) is 39.6 Å². The number of ketones is 1. The molecule has 1 saturated carbocycles. The average Bonchev–Trinajstić information content (AvgIpc) is 2.90. The van der Waals surface area contributed by atoms with Gasteiger partial charge in [0.1, 0.15) is 11.7 Å². The second kappa shape index (κ2) is 8.30. The van der Waals surface area contributed by atoms with Crippen molar-refractivity contribution in [1.82, 2.24) is 15.0 Å². The molecule has 0 amide bonds. The number of para-hydroxylation sites is 1. The van der Waals surface area contributed by atoms with Gasteiger partial charge in [-0.25, -0.2) is 14.4 Å². The molecule has 2 heterocycles. The zero-order chi connectivity index (χ0) is 25.0. The Balaban J connectivity index is 1.66. The third-order valence-electron chi connectivity index (χ3n) is 8.27. The summed E-state index contributed by atoms with van der Waals surface area (Å²) in [5, 5.41) is 10.7.